The van der Waals surface area contributed by atoms with Crippen molar-refractivity contribution >= 4 is 23.3 Å². The summed E-state index contributed by atoms with van der Waals surface area (Å²) in [5.41, 5.74) is 6.53. The minimum Gasteiger partial charge on any atom is -0.486 e. The zero-order chi connectivity index (χ0) is 18.1. The summed E-state index contributed by atoms with van der Waals surface area (Å²) in [7, 11) is 0. The highest BCUT2D eigenvalue weighted by molar-refractivity contribution is 6.31. The van der Waals surface area contributed by atoms with E-state index in [2.05, 4.69) is 10.5 Å². The second-order valence-electron chi connectivity index (χ2n) is 5.24. The molecule has 7 heteroatoms. The summed E-state index contributed by atoms with van der Waals surface area (Å²) in [6, 6.07) is 16.5. The molecular weight excluding hydrogens is 342 g/mol. The van der Waals surface area contributed by atoms with E-state index in [4.69, 9.17) is 26.9 Å². The van der Waals surface area contributed by atoms with Gasteiger partial charge in [-0.15, -0.1) is 0 Å². The quantitative estimate of drug-likeness (QED) is 0.430. The van der Waals surface area contributed by atoms with Crippen molar-refractivity contribution < 1.29 is 14.4 Å². The summed E-state index contributed by atoms with van der Waals surface area (Å²) >= 11 is 6.04. The maximum Gasteiger partial charge on any atom is 0.263 e. The molecule has 0 aliphatic heterocycles. The lowest BCUT2D eigenvalue weighted by Crippen LogP contribution is -2.34. The Hall–Kier alpha value is -2.73. The number of oxime groups is 1. The number of carbonyl (C=O) groups excluding carboxylic acids is 1. The second-order valence-corrected chi connectivity index (χ2v) is 5.65. The number of hydrogen-bond donors (Lipinski definition) is 2. The number of amidine groups is 1. The van der Waals surface area contributed by atoms with Gasteiger partial charge in [-0.25, -0.2) is 0 Å². The van der Waals surface area contributed by atoms with Crippen LogP contribution < -0.4 is 15.8 Å². The second kappa shape index (κ2) is 9.54. The molecule has 1 atom stereocenters. The average Bonchev–Trinajstić information content (AvgIpc) is 2.64. The molecule has 25 heavy (non-hydrogen) atoms. The lowest BCUT2D eigenvalue weighted by molar-refractivity contribution is -0.131. The molecule has 0 aromatic heterocycles. The van der Waals surface area contributed by atoms with Gasteiger partial charge in [-0.05, 0) is 30.7 Å². The van der Waals surface area contributed by atoms with Crippen molar-refractivity contribution in [1.29, 1.82) is 0 Å². The summed E-state index contributed by atoms with van der Waals surface area (Å²) in [6.07, 6.45) is -0.794. The number of amides is 1. The lowest BCUT2D eigenvalue weighted by Gasteiger charge is -2.12. The van der Waals surface area contributed by atoms with Crippen LogP contribution >= 0.6 is 11.6 Å². The van der Waals surface area contributed by atoms with Gasteiger partial charge in [-0.3, -0.25) is 4.79 Å². The van der Waals surface area contributed by atoms with E-state index in [1.165, 1.54) is 0 Å². The van der Waals surface area contributed by atoms with Crippen LogP contribution in [0, 0.1) is 0 Å². The predicted octanol–water partition coefficient (Wildman–Crippen LogP) is 2.71. The number of carbonyl (C=O) groups is 1. The first kappa shape index (κ1) is 18.6. The van der Waals surface area contributed by atoms with Gasteiger partial charge >= 0.3 is 0 Å². The first-order chi connectivity index (χ1) is 12.1. The monoisotopic (exact) mass is 361 g/mol. The minimum absolute atomic E-state index is 0.0674. The van der Waals surface area contributed by atoms with Crippen LogP contribution in [0.1, 0.15) is 12.5 Å². The van der Waals surface area contributed by atoms with E-state index >= 15 is 0 Å². The van der Waals surface area contributed by atoms with Gasteiger partial charge in [-0.1, -0.05) is 53.2 Å². The van der Waals surface area contributed by atoms with E-state index in [0.717, 1.165) is 5.56 Å². The van der Waals surface area contributed by atoms with Gasteiger partial charge in [0, 0.05) is 11.6 Å². The van der Waals surface area contributed by atoms with E-state index in [1.54, 1.807) is 25.1 Å². The van der Waals surface area contributed by atoms with E-state index in [1.807, 2.05) is 36.4 Å². The molecule has 0 heterocycles. The number of ether oxygens (including phenoxy) is 1. The summed E-state index contributed by atoms with van der Waals surface area (Å²) in [6.45, 7) is 1.96. The maximum atomic E-state index is 12.0. The number of nitrogens with one attached hydrogen (secondary N) is 1. The van der Waals surface area contributed by atoms with Crippen molar-refractivity contribution in [3.63, 3.8) is 0 Å². The topological polar surface area (TPSA) is 85.9 Å². The molecule has 0 saturated carbocycles. The Kier molecular flexibility index (Phi) is 7.10. The Bertz CT molecular complexity index is 723. The fraction of sp³-hybridized carbons (Fsp3) is 0.222. The van der Waals surface area contributed by atoms with Crippen LogP contribution in [0.2, 0.25) is 5.02 Å². The number of para-hydroxylation sites is 1. The Morgan fingerprint density at radius 1 is 1.20 bits per heavy atom. The molecular formula is C18H20ClN3O3. The lowest BCUT2D eigenvalue weighted by atomic mass is 10.2. The van der Waals surface area contributed by atoms with Crippen molar-refractivity contribution in [2.45, 2.75) is 19.6 Å². The molecule has 132 valence electrons. The normalized spacial score (nSPS) is 12.3. The SMILES string of the molecule is CC(O/N=C(/N)COc1ccccc1)C(=O)NCc1ccccc1Cl. The molecule has 2 aromatic carbocycles. The van der Waals surface area contributed by atoms with Crippen molar-refractivity contribution in [1.82, 2.24) is 5.32 Å². The number of nitrogens with zero attached hydrogens (tertiary/aromatic N) is 1. The summed E-state index contributed by atoms with van der Waals surface area (Å²) in [4.78, 5) is 17.1. The molecule has 2 rings (SSSR count). The van der Waals surface area contributed by atoms with Crippen molar-refractivity contribution in [2.24, 2.45) is 10.9 Å². The fourth-order valence-electron chi connectivity index (χ4n) is 1.86. The zero-order valence-electron chi connectivity index (χ0n) is 13.8. The Morgan fingerprint density at radius 3 is 2.60 bits per heavy atom. The number of halogens is 1. The van der Waals surface area contributed by atoms with E-state index in [0.29, 0.717) is 17.3 Å². The van der Waals surface area contributed by atoms with Crippen molar-refractivity contribution in [3.05, 3.63) is 65.2 Å². The molecule has 0 spiro atoms. The van der Waals surface area contributed by atoms with Crippen LogP contribution in [0.3, 0.4) is 0 Å². The standard InChI is InChI=1S/C18H20ClN3O3/c1-13(18(23)21-11-14-7-5-6-10-16(14)19)25-22-17(20)12-24-15-8-3-2-4-9-15/h2-10,13H,11-12H2,1H3,(H2,20,22)(H,21,23). The number of nitrogens with two attached hydrogens (primary N) is 1. The average molecular weight is 362 g/mol. The van der Waals surface area contributed by atoms with Crippen molar-refractivity contribution in [2.75, 3.05) is 6.61 Å². The third-order valence-electron chi connectivity index (χ3n) is 3.24. The molecule has 1 unspecified atom stereocenters. The highest BCUT2D eigenvalue weighted by Crippen LogP contribution is 2.14. The molecule has 6 nitrogen and oxygen atoms in total. The maximum absolute atomic E-state index is 12.0. The molecule has 3 N–H and O–H groups in total. The van der Waals surface area contributed by atoms with E-state index in [9.17, 15) is 4.79 Å². The van der Waals surface area contributed by atoms with Gasteiger partial charge < -0.3 is 20.6 Å². The van der Waals surface area contributed by atoms with Crippen LogP contribution in [0.4, 0.5) is 0 Å². The fourth-order valence-corrected chi connectivity index (χ4v) is 2.07. The Balaban J connectivity index is 1.75. The molecule has 0 radical (unpaired) electrons. The molecule has 2 aromatic rings. The highest BCUT2D eigenvalue weighted by atomic mass is 35.5. The van der Waals surface area contributed by atoms with Gasteiger partial charge in [0.25, 0.3) is 5.91 Å². The number of hydrogen-bond acceptors (Lipinski definition) is 4. The van der Waals surface area contributed by atoms with Gasteiger partial charge in [-0.2, -0.15) is 0 Å². The summed E-state index contributed by atoms with van der Waals surface area (Å²) in [5, 5.41) is 7.04. The third kappa shape index (κ3) is 6.35. The molecule has 0 fully saturated rings. The smallest absolute Gasteiger partial charge is 0.263 e. The Morgan fingerprint density at radius 2 is 1.88 bits per heavy atom. The largest absolute Gasteiger partial charge is 0.486 e. The van der Waals surface area contributed by atoms with Gasteiger partial charge in [0.05, 0.1) is 0 Å². The van der Waals surface area contributed by atoms with Crippen LogP contribution in [0.15, 0.2) is 59.8 Å². The van der Waals surface area contributed by atoms with E-state index in [-0.39, 0.29) is 18.3 Å². The summed E-state index contributed by atoms with van der Waals surface area (Å²) in [5.74, 6) is 0.487. The van der Waals surface area contributed by atoms with Gasteiger partial charge in [0.2, 0.25) is 6.10 Å². The molecule has 0 aliphatic carbocycles. The van der Waals surface area contributed by atoms with Crippen LogP contribution in [-0.4, -0.2) is 24.5 Å². The number of rotatable bonds is 8. The molecule has 0 saturated heterocycles. The third-order valence-corrected chi connectivity index (χ3v) is 3.61. The van der Waals surface area contributed by atoms with E-state index < -0.39 is 6.10 Å². The minimum atomic E-state index is -0.794. The van der Waals surface area contributed by atoms with Gasteiger partial charge in [0.1, 0.15) is 12.4 Å². The van der Waals surface area contributed by atoms with Crippen molar-refractivity contribution in [3.8, 4) is 5.75 Å². The predicted molar refractivity (Wildman–Crippen MR) is 97.4 cm³/mol. The molecule has 0 bridgehead atoms. The molecule has 1 amide bonds. The van der Waals surface area contributed by atoms with Crippen LogP contribution in [0.25, 0.3) is 0 Å². The Labute approximate surface area is 151 Å². The first-order valence-electron chi connectivity index (χ1n) is 7.73. The van der Waals surface area contributed by atoms with Crippen LogP contribution in [0.5, 0.6) is 5.75 Å². The zero-order valence-corrected chi connectivity index (χ0v) is 14.6. The molecule has 0 aliphatic rings. The first-order valence-corrected chi connectivity index (χ1v) is 8.11. The number of benzene rings is 2. The summed E-state index contributed by atoms with van der Waals surface area (Å²) < 4.78 is 5.43. The van der Waals surface area contributed by atoms with Crippen LogP contribution in [-0.2, 0) is 16.2 Å². The van der Waals surface area contributed by atoms with Gasteiger partial charge in [0.15, 0.2) is 5.84 Å². The highest BCUT2D eigenvalue weighted by Gasteiger charge is 2.14.